The van der Waals surface area contributed by atoms with Gasteiger partial charge in [-0.1, -0.05) is 4.48 Å². The second-order valence-corrected chi connectivity index (χ2v) is 1.68. The molecule has 1 rings (SSSR count). The number of carbonyl (C=O) groups is 1. The number of nitrogens with zero attached hydrogens (tertiary/aromatic N) is 1. The molecule has 1 atom stereocenters. The maximum atomic E-state index is 11.9. The van der Waals surface area contributed by atoms with Crippen molar-refractivity contribution in [2.24, 2.45) is 0 Å². The molecule has 0 aromatic carbocycles. The Balaban J connectivity index is 2.57. The van der Waals surface area contributed by atoms with Gasteiger partial charge in [0.25, 0.3) is 5.91 Å². The van der Waals surface area contributed by atoms with Crippen molar-refractivity contribution < 1.29 is 13.7 Å². The molecule has 1 aliphatic rings. The van der Waals surface area contributed by atoms with Crippen molar-refractivity contribution in [3.63, 3.8) is 0 Å². The quantitative estimate of drug-likeness (QED) is 0.426. The third-order valence-corrected chi connectivity index (χ3v) is 1.09. The van der Waals surface area contributed by atoms with Crippen molar-refractivity contribution >= 4 is 5.91 Å². The smallest absolute Gasteiger partial charge is 0.269 e. The highest BCUT2D eigenvalue weighted by molar-refractivity contribution is 5.81. The first-order valence-electron chi connectivity index (χ1n) is 2.33. The zero-order chi connectivity index (χ0) is 6.15. The zero-order valence-corrected chi connectivity index (χ0v) is 4.10. The summed E-state index contributed by atoms with van der Waals surface area (Å²) in [5, 5.41) is -0.0926. The van der Waals surface area contributed by atoms with Gasteiger partial charge in [-0.25, -0.2) is 4.39 Å². The van der Waals surface area contributed by atoms with Crippen LogP contribution in [0.3, 0.4) is 0 Å². The van der Waals surface area contributed by atoms with Gasteiger partial charge in [-0.3, -0.25) is 4.79 Å². The van der Waals surface area contributed by atoms with Crippen LogP contribution in [0.5, 0.6) is 0 Å². The van der Waals surface area contributed by atoms with E-state index in [9.17, 15) is 13.7 Å². The molecule has 0 bridgehead atoms. The van der Waals surface area contributed by atoms with Crippen LogP contribution in [0.15, 0.2) is 0 Å². The number of halogens is 2. The van der Waals surface area contributed by atoms with Crippen molar-refractivity contribution in [1.82, 2.24) is 5.12 Å². The maximum absolute atomic E-state index is 11.9. The van der Waals surface area contributed by atoms with Gasteiger partial charge in [-0.2, -0.15) is 5.12 Å². The summed E-state index contributed by atoms with van der Waals surface area (Å²) < 4.78 is 23.7. The van der Waals surface area contributed by atoms with Gasteiger partial charge >= 0.3 is 0 Å². The van der Waals surface area contributed by atoms with Gasteiger partial charge in [0.05, 0.1) is 6.54 Å². The number of carbonyl (C=O) groups excluding carboxylic acids is 1. The molecule has 1 aliphatic heterocycles. The molecule has 1 fully saturated rings. The first-order valence-corrected chi connectivity index (χ1v) is 2.33. The monoisotopic (exact) mass is 121 g/mol. The molecule has 0 aromatic rings. The molecule has 46 valence electrons. The highest BCUT2D eigenvalue weighted by atomic mass is 19.2. The van der Waals surface area contributed by atoms with Crippen molar-refractivity contribution in [3.8, 4) is 0 Å². The van der Waals surface area contributed by atoms with Gasteiger partial charge in [0.2, 0.25) is 0 Å². The number of hydrogen-bond donors (Lipinski definition) is 0. The molecule has 0 aromatic heterocycles. The minimum absolute atomic E-state index is 0.00463. The zero-order valence-electron chi connectivity index (χ0n) is 4.10. The normalized spacial score (nSPS) is 29.5. The van der Waals surface area contributed by atoms with Crippen LogP contribution in [0.1, 0.15) is 6.42 Å². The average molecular weight is 121 g/mol. The fourth-order valence-electron chi connectivity index (χ4n) is 0.612. The van der Waals surface area contributed by atoms with Crippen molar-refractivity contribution in [2.75, 3.05) is 6.54 Å². The number of rotatable bonds is 0. The Kier molecular flexibility index (Phi) is 1.15. The molecule has 1 amide bonds. The maximum Gasteiger partial charge on any atom is 0.284 e. The average Bonchev–Trinajstić information content (AvgIpc) is 1.98. The van der Waals surface area contributed by atoms with Crippen LogP contribution in [0.25, 0.3) is 0 Å². The van der Waals surface area contributed by atoms with Crippen LogP contribution in [0.4, 0.5) is 8.87 Å². The van der Waals surface area contributed by atoms with Gasteiger partial charge < -0.3 is 0 Å². The second-order valence-electron chi connectivity index (χ2n) is 1.68. The van der Waals surface area contributed by atoms with E-state index in [0.29, 0.717) is 0 Å². The van der Waals surface area contributed by atoms with E-state index in [-0.39, 0.29) is 18.1 Å². The highest BCUT2D eigenvalue weighted by Gasteiger charge is 2.31. The van der Waals surface area contributed by atoms with E-state index in [1.807, 2.05) is 0 Å². The molecule has 1 saturated heterocycles. The van der Waals surface area contributed by atoms with Crippen LogP contribution in [0, 0.1) is 0 Å². The van der Waals surface area contributed by atoms with Gasteiger partial charge in [-0.15, -0.1) is 0 Å². The third kappa shape index (κ3) is 0.657. The Morgan fingerprint density at radius 1 is 1.75 bits per heavy atom. The lowest BCUT2D eigenvalue weighted by Crippen LogP contribution is -2.18. The predicted octanol–water partition coefficient (Wildman–Crippen LogP) is 0.441. The topological polar surface area (TPSA) is 20.3 Å². The number of alkyl halides is 1. The molecular formula is C4H5F2NO. The number of hydrogen-bond acceptors (Lipinski definition) is 1. The standard InChI is InChI=1S/C4H5F2NO/c5-3-1-2-7(6)4(3)8/h3H,1-2H2. The Bertz CT molecular complexity index is 105. The molecule has 1 heterocycles. The van der Waals surface area contributed by atoms with Crippen molar-refractivity contribution in [3.05, 3.63) is 0 Å². The van der Waals surface area contributed by atoms with Crippen LogP contribution in [-0.4, -0.2) is 23.7 Å². The third-order valence-electron chi connectivity index (χ3n) is 1.09. The predicted molar refractivity (Wildman–Crippen MR) is 22.3 cm³/mol. The summed E-state index contributed by atoms with van der Waals surface area (Å²) in [4.78, 5) is 10.1. The molecular weight excluding hydrogens is 116 g/mol. The lowest BCUT2D eigenvalue weighted by Gasteiger charge is -1.96. The molecule has 2 nitrogen and oxygen atoms in total. The largest absolute Gasteiger partial charge is 0.284 e. The van der Waals surface area contributed by atoms with Gasteiger partial charge in [0, 0.05) is 6.42 Å². The summed E-state index contributed by atoms with van der Waals surface area (Å²) in [5.41, 5.74) is 0. The van der Waals surface area contributed by atoms with Crippen LogP contribution < -0.4 is 0 Å². The molecule has 1 unspecified atom stereocenters. The first-order chi connectivity index (χ1) is 3.72. The second kappa shape index (κ2) is 1.69. The molecule has 0 N–H and O–H groups in total. The van der Waals surface area contributed by atoms with E-state index in [1.165, 1.54) is 0 Å². The molecule has 0 spiro atoms. The molecule has 0 aliphatic carbocycles. The van der Waals surface area contributed by atoms with Crippen LogP contribution in [0.2, 0.25) is 0 Å². The molecule has 0 radical (unpaired) electrons. The Hall–Kier alpha value is -0.670. The highest BCUT2D eigenvalue weighted by Crippen LogP contribution is 2.13. The summed E-state index contributed by atoms with van der Waals surface area (Å²) in [7, 11) is 0. The minimum atomic E-state index is -1.60. The molecule has 0 saturated carbocycles. The van der Waals surface area contributed by atoms with Crippen LogP contribution >= 0.6 is 0 Å². The summed E-state index contributed by atoms with van der Waals surface area (Å²) in [5.74, 6) is -1.04. The van der Waals surface area contributed by atoms with E-state index in [0.717, 1.165) is 0 Å². The number of amides is 1. The SMILES string of the molecule is O=C1C(F)CCN1F. The van der Waals surface area contributed by atoms with Crippen LogP contribution in [-0.2, 0) is 4.79 Å². The summed E-state index contributed by atoms with van der Waals surface area (Å²) in [6.45, 7) is -0.0972. The Labute approximate surface area is 45.0 Å². The first kappa shape index (κ1) is 5.47. The Morgan fingerprint density at radius 2 is 2.38 bits per heavy atom. The van der Waals surface area contributed by atoms with Gasteiger partial charge in [0.1, 0.15) is 0 Å². The summed E-state index contributed by atoms with van der Waals surface area (Å²) in [6, 6.07) is 0. The summed E-state index contributed by atoms with van der Waals surface area (Å²) in [6.07, 6.45) is -1.60. The lowest BCUT2D eigenvalue weighted by molar-refractivity contribution is -0.144. The van der Waals surface area contributed by atoms with E-state index in [2.05, 4.69) is 0 Å². The van der Waals surface area contributed by atoms with Gasteiger partial charge in [-0.05, 0) is 0 Å². The fraction of sp³-hybridized carbons (Fsp3) is 0.750. The minimum Gasteiger partial charge on any atom is -0.269 e. The van der Waals surface area contributed by atoms with E-state index < -0.39 is 12.1 Å². The van der Waals surface area contributed by atoms with Crippen molar-refractivity contribution in [2.45, 2.75) is 12.6 Å². The van der Waals surface area contributed by atoms with Gasteiger partial charge in [0.15, 0.2) is 6.17 Å². The molecule has 4 heteroatoms. The Morgan fingerprint density at radius 3 is 2.50 bits per heavy atom. The fourth-order valence-corrected chi connectivity index (χ4v) is 0.612. The van der Waals surface area contributed by atoms with E-state index >= 15 is 0 Å². The lowest BCUT2D eigenvalue weighted by atomic mass is 10.3. The summed E-state index contributed by atoms with van der Waals surface area (Å²) >= 11 is 0. The van der Waals surface area contributed by atoms with E-state index in [1.54, 1.807) is 0 Å². The van der Waals surface area contributed by atoms with E-state index in [4.69, 9.17) is 0 Å². The van der Waals surface area contributed by atoms with Crippen molar-refractivity contribution in [1.29, 1.82) is 0 Å². The molecule has 8 heavy (non-hydrogen) atoms.